The fraction of sp³-hybridized carbons (Fsp3) is 0.552. The molecule has 0 saturated carbocycles. The van der Waals surface area contributed by atoms with Gasteiger partial charge in [-0.05, 0) is 43.4 Å². The average molecular weight is 517 g/mol. The number of nitriles is 1. The molecule has 0 amide bonds. The lowest BCUT2D eigenvalue weighted by molar-refractivity contribution is -0.0400. The first-order valence-electron chi connectivity index (χ1n) is 13.7. The summed E-state index contributed by atoms with van der Waals surface area (Å²) in [5.41, 5.74) is 9.84. The highest BCUT2D eigenvalue weighted by molar-refractivity contribution is 5.65. The van der Waals surface area contributed by atoms with Gasteiger partial charge in [0.25, 0.3) is 0 Å². The second kappa shape index (κ2) is 8.65. The summed E-state index contributed by atoms with van der Waals surface area (Å²) in [5.74, 6) is 1.01. The second-order valence-corrected chi connectivity index (χ2v) is 11.6. The summed E-state index contributed by atoms with van der Waals surface area (Å²) < 4.78 is 27.2. The Morgan fingerprint density at radius 3 is 2.92 bits per heavy atom. The van der Waals surface area contributed by atoms with Crippen LogP contribution < -0.4 is 15.4 Å². The number of ether oxygens (including phenoxy) is 2. The van der Waals surface area contributed by atoms with E-state index in [9.17, 15) is 9.65 Å². The van der Waals surface area contributed by atoms with Crippen LogP contribution in [0.3, 0.4) is 0 Å². The number of aromatic nitrogens is 2. The van der Waals surface area contributed by atoms with Gasteiger partial charge >= 0.3 is 6.01 Å². The molecule has 5 aliphatic rings. The predicted molar refractivity (Wildman–Crippen MR) is 141 cm³/mol. The molecule has 2 aromatic rings. The lowest BCUT2D eigenvalue weighted by Gasteiger charge is -2.42. The third kappa shape index (κ3) is 3.53. The summed E-state index contributed by atoms with van der Waals surface area (Å²) in [6.45, 7) is 6.12. The van der Waals surface area contributed by atoms with Crippen molar-refractivity contribution in [1.29, 1.82) is 5.26 Å². The van der Waals surface area contributed by atoms with Crippen LogP contribution in [0.25, 0.3) is 0 Å². The summed E-state index contributed by atoms with van der Waals surface area (Å²) in [4.78, 5) is 14.3. The molecular formula is C29H33FN6O2. The molecule has 9 heteroatoms. The quantitative estimate of drug-likeness (QED) is 0.485. The fourth-order valence-electron chi connectivity index (χ4n) is 7.14. The molecule has 198 valence electrons. The zero-order valence-corrected chi connectivity index (χ0v) is 21.8. The summed E-state index contributed by atoms with van der Waals surface area (Å²) in [7, 11) is 0. The molecule has 3 fully saturated rings. The fourth-order valence-corrected chi connectivity index (χ4v) is 7.14. The third-order valence-electron chi connectivity index (χ3n) is 9.29. The molecule has 3 saturated heterocycles. The Kier molecular flexibility index (Phi) is 5.43. The molecule has 4 unspecified atom stereocenters. The minimum atomic E-state index is -0.832. The molecule has 0 bridgehead atoms. The molecule has 4 atom stereocenters. The molecule has 1 spiro atoms. The van der Waals surface area contributed by atoms with Crippen molar-refractivity contribution in [3.63, 3.8) is 0 Å². The Morgan fingerprint density at radius 1 is 1.26 bits per heavy atom. The summed E-state index contributed by atoms with van der Waals surface area (Å²) in [5, 5.41) is 10.0. The number of hydrogen-bond acceptors (Lipinski definition) is 8. The van der Waals surface area contributed by atoms with Crippen LogP contribution in [0.15, 0.2) is 24.3 Å². The predicted octanol–water partition coefficient (Wildman–Crippen LogP) is 3.74. The van der Waals surface area contributed by atoms with E-state index in [2.05, 4.69) is 34.9 Å². The minimum absolute atomic E-state index is 0.147. The highest BCUT2D eigenvalue weighted by Crippen LogP contribution is 2.48. The number of rotatable bonds is 4. The van der Waals surface area contributed by atoms with E-state index < -0.39 is 11.8 Å². The summed E-state index contributed by atoms with van der Waals surface area (Å²) in [6, 6.07) is 6.49. The molecule has 7 rings (SSSR count). The first-order chi connectivity index (χ1) is 18.4. The van der Waals surface area contributed by atoms with E-state index in [0.717, 1.165) is 67.1 Å². The molecule has 2 N–H and O–H groups in total. The van der Waals surface area contributed by atoms with Crippen LogP contribution in [-0.4, -0.2) is 59.4 Å². The van der Waals surface area contributed by atoms with Crippen molar-refractivity contribution >= 4 is 11.5 Å². The molecule has 8 nitrogen and oxygen atoms in total. The number of nitrogen functional groups attached to an aromatic ring is 1. The molecule has 5 heterocycles. The largest absolute Gasteiger partial charge is 0.461 e. The topological polar surface area (TPSA) is 101 Å². The Bertz CT molecular complexity index is 1370. The van der Waals surface area contributed by atoms with Gasteiger partial charge in [-0.1, -0.05) is 25.1 Å². The number of fused-ring (bicyclic) bond motifs is 4. The molecule has 38 heavy (non-hydrogen) atoms. The van der Waals surface area contributed by atoms with Gasteiger partial charge in [0.1, 0.15) is 30.3 Å². The van der Waals surface area contributed by atoms with E-state index in [1.54, 1.807) is 0 Å². The number of benzene rings is 1. The van der Waals surface area contributed by atoms with Crippen LogP contribution in [0.1, 0.15) is 66.5 Å². The van der Waals surface area contributed by atoms with E-state index in [0.29, 0.717) is 49.9 Å². The first-order valence-corrected chi connectivity index (χ1v) is 13.7. The zero-order valence-electron chi connectivity index (χ0n) is 21.8. The van der Waals surface area contributed by atoms with E-state index >= 15 is 0 Å². The van der Waals surface area contributed by atoms with Crippen molar-refractivity contribution in [2.24, 2.45) is 0 Å². The van der Waals surface area contributed by atoms with E-state index in [1.165, 1.54) is 0 Å². The van der Waals surface area contributed by atoms with Gasteiger partial charge in [-0.3, -0.25) is 4.90 Å². The maximum atomic E-state index is 14.3. The van der Waals surface area contributed by atoms with Crippen molar-refractivity contribution in [2.75, 3.05) is 43.4 Å². The summed E-state index contributed by atoms with van der Waals surface area (Å²) >= 11 is 0. The minimum Gasteiger partial charge on any atom is -0.461 e. The maximum absolute atomic E-state index is 14.3. The lowest BCUT2D eigenvalue weighted by Crippen LogP contribution is -2.44. The standard InChI is InChI=1S/C29H33FN6O2/c1-18-6-8-29(25-20(18)4-5-23(32)21(25)14-31)13-24-22(16-38-29)26(35-9-3-10-35)34-27(33-24)37-17-28-7-2-11-36(28)15-19(30)12-28/h4-6,8,18-19H,2-3,7,9-13,15-17,32H2,1H3. The number of hydrogen-bond donors (Lipinski definition) is 1. The van der Waals surface area contributed by atoms with E-state index in [-0.39, 0.29) is 11.5 Å². The first kappa shape index (κ1) is 23.9. The normalized spacial score (nSPS) is 31.4. The van der Waals surface area contributed by atoms with Crippen LogP contribution >= 0.6 is 0 Å². The van der Waals surface area contributed by atoms with Crippen LogP contribution in [0, 0.1) is 11.3 Å². The molecule has 4 aliphatic heterocycles. The number of anilines is 2. The van der Waals surface area contributed by atoms with Crippen molar-refractivity contribution in [1.82, 2.24) is 14.9 Å². The van der Waals surface area contributed by atoms with Crippen molar-refractivity contribution in [3.8, 4) is 12.1 Å². The molecule has 1 aromatic heterocycles. The van der Waals surface area contributed by atoms with Gasteiger partial charge in [-0.15, -0.1) is 0 Å². The SMILES string of the molecule is CC1C=CC2(Cc3nc(OCC45CCCN4CC(F)C5)nc(N4CCC4)c3CO2)c2c1ccc(N)c2C#N. The van der Waals surface area contributed by atoms with Crippen LogP contribution in [0.5, 0.6) is 6.01 Å². The Morgan fingerprint density at radius 2 is 2.13 bits per heavy atom. The van der Waals surface area contributed by atoms with Crippen molar-refractivity contribution in [3.05, 3.63) is 52.2 Å². The smallest absolute Gasteiger partial charge is 0.318 e. The van der Waals surface area contributed by atoms with E-state index in [1.807, 2.05) is 12.1 Å². The molecule has 1 aromatic carbocycles. The van der Waals surface area contributed by atoms with Gasteiger partial charge in [0.2, 0.25) is 0 Å². The monoisotopic (exact) mass is 516 g/mol. The van der Waals surface area contributed by atoms with Gasteiger partial charge in [0, 0.05) is 49.3 Å². The molecular weight excluding hydrogens is 483 g/mol. The van der Waals surface area contributed by atoms with Crippen LogP contribution in [-0.2, 0) is 23.4 Å². The second-order valence-electron chi connectivity index (χ2n) is 11.6. The Labute approximate surface area is 222 Å². The highest BCUT2D eigenvalue weighted by Gasteiger charge is 2.50. The average Bonchev–Trinajstić information content (AvgIpc) is 3.39. The number of nitrogens with zero attached hydrogens (tertiary/aromatic N) is 5. The van der Waals surface area contributed by atoms with Crippen LogP contribution in [0.4, 0.5) is 15.9 Å². The van der Waals surface area contributed by atoms with Gasteiger partial charge in [0.15, 0.2) is 0 Å². The van der Waals surface area contributed by atoms with Crippen molar-refractivity contribution < 1.29 is 13.9 Å². The zero-order chi connectivity index (χ0) is 26.1. The third-order valence-corrected chi connectivity index (χ3v) is 9.29. The molecule has 1 aliphatic carbocycles. The highest BCUT2D eigenvalue weighted by atomic mass is 19.1. The Hall–Kier alpha value is -3.22. The number of nitrogens with two attached hydrogens (primary N) is 1. The number of allylic oxidation sites excluding steroid dienone is 1. The van der Waals surface area contributed by atoms with Gasteiger partial charge in [0.05, 0.1) is 23.4 Å². The Balaban J connectivity index is 1.27. The van der Waals surface area contributed by atoms with Crippen LogP contribution in [0.2, 0.25) is 0 Å². The van der Waals surface area contributed by atoms with Gasteiger partial charge < -0.3 is 20.1 Å². The summed E-state index contributed by atoms with van der Waals surface area (Å²) in [6.07, 6.45) is 7.49. The maximum Gasteiger partial charge on any atom is 0.318 e. The van der Waals surface area contributed by atoms with Gasteiger partial charge in [-0.25, -0.2) is 4.39 Å². The molecule has 0 radical (unpaired) electrons. The van der Waals surface area contributed by atoms with E-state index in [4.69, 9.17) is 25.2 Å². The van der Waals surface area contributed by atoms with Gasteiger partial charge in [-0.2, -0.15) is 15.2 Å². The number of alkyl halides is 1. The number of halogens is 1. The van der Waals surface area contributed by atoms with Crippen molar-refractivity contribution in [2.45, 2.75) is 68.9 Å². The lowest BCUT2D eigenvalue weighted by atomic mass is 9.73.